The number of amides is 1. The molecule has 0 N–H and O–H groups in total. The topological polar surface area (TPSA) is 20.3 Å². The second-order valence-electron chi connectivity index (χ2n) is 4.12. The van der Waals surface area contributed by atoms with Crippen LogP contribution in [0.5, 0.6) is 0 Å². The highest BCUT2D eigenvalue weighted by Gasteiger charge is 2.37. The van der Waals surface area contributed by atoms with Gasteiger partial charge in [-0.15, -0.1) is 11.6 Å². The van der Waals surface area contributed by atoms with E-state index in [1.165, 1.54) is 32.1 Å². The summed E-state index contributed by atoms with van der Waals surface area (Å²) in [4.78, 5) is 13.5. The molecule has 1 heterocycles. The predicted molar refractivity (Wildman–Crippen MR) is 52.8 cm³/mol. The van der Waals surface area contributed by atoms with E-state index in [0.29, 0.717) is 6.04 Å². The zero-order chi connectivity index (χ0) is 9.26. The van der Waals surface area contributed by atoms with E-state index in [1.54, 1.807) is 0 Å². The first-order valence-corrected chi connectivity index (χ1v) is 5.72. The normalized spacial score (nSPS) is 33.2. The molecule has 2 nitrogen and oxygen atoms in total. The van der Waals surface area contributed by atoms with E-state index >= 15 is 0 Å². The maximum atomic E-state index is 11.5. The second kappa shape index (κ2) is 3.87. The second-order valence-corrected chi connectivity index (χ2v) is 4.39. The van der Waals surface area contributed by atoms with Crippen LogP contribution in [-0.2, 0) is 4.79 Å². The van der Waals surface area contributed by atoms with Gasteiger partial charge in [0.25, 0.3) is 0 Å². The van der Waals surface area contributed by atoms with Crippen molar-refractivity contribution in [3.05, 3.63) is 0 Å². The summed E-state index contributed by atoms with van der Waals surface area (Å²) in [6.07, 6.45) is 6.36. The highest BCUT2D eigenvalue weighted by molar-refractivity contribution is 6.27. The van der Waals surface area contributed by atoms with Crippen LogP contribution in [0.1, 0.15) is 32.1 Å². The first-order chi connectivity index (χ1) is 6.33. The summed E-state index contributed by atoms with van der Waals surface area (Å²) >= 11 is 5.57. The quantitative estimate of drug-likeness (QED) is 0.595. The maximum Gasteiger partial charge on any atom is 0.237 e. The Morgan fingerprint density at radius 1 is 1.31 bits per heavy atom. The van der Waals surface area contributed by atoms with Gasteiger partial charge in [-0.05, 0) is 25.2 Å². The van der Waals surface area contributed by atoms with Crippen molar-refractivity contribution in [2.45, 2.75) is 38.1 Å². The summed E-state index contributed by atoms with van der Waals surface area (Å²) < 4.78 is 0. The minimum atomic E-state index is 0.135. The number of carbonyl (C=O) groups is 1. The van der Waals surface area contributed by atoms with Crippen LogP contribution < -0.4 is 0 Å². The molecule has 2 unspecified atom stereocenters. The van der Waals surface area contributed by atoms with E-state index in [0.717, 1.165) is 12.5 Å². The smallest absolute Gasteiger partial charge is 0.237 e. The average molecular weight is 202 g/mol. The molecule has 2 atom stereocenters. The monoisotopic (exact) mass is 201 g/mol. The average Bonchev–Trinajstić information content (AvgIpc) is 2.60. The third-order valence-corrected chi connectivity index (χ3v) is 3.67. The van der Waals surface area contributed by atoms with Crippen LogP contribution >= 0.6 is 11.6 Å². The molecule has 1 amide bonds. The van der Waals surface area contributed by atoms with Crippen molar-refractivity contribution in [1.82, 2.24) is 4.90 Å². The Labute approximate surface area is 84.2 Å². The molecule has 2 rings (SSSR count). The number of carbonyl (C=O) groups excluding carboxylic acids is 1. The minimum Gasteiger partial charge on any atom is -0.338 e. The molecular weight excluding hydrogens is 186 g/mol. The van der Waals surface area contributed by atoms with Crippen LogP contribution in [-0.4, -0.2) is 29.3 Å². The molecule has 1 aliphatic carbocycles. The van der Waals surface area contributed by atoms with Crippen molar-refractivity contribution in [3.63, 3.8) is 0 Å². The summed E-state index contributed by atoms with van der Waals surface area (Å²) in [6.45, 7) is 0.945. The van der Waals surface area contributed by atoms with Gasteiger partial charge in [0.1, 0.15) is 5.88 Å². The summed E-state index contributed by atoms with van der Waals surface area (Å²) in [5.41, 5.74) is 0. The molecule has 1 saturated carbocycles. The Balaban J connectivity index is 2.02. The third-order valence-electron chi connectivity index (χ3n) is 3.44. The molecule has 1 saturated heterocycles. The fourth-order valence-corrected chi connectivity index (χ4v) is 2.95. The van der Waals surface area contributed by atoms with Gasteiger partial charge in [0.05, 0.1) is 0 Å². The van der Waals surface area contributed by atoms with Gasteiger partial charge in [0.15, 0.2) is 0 Å². The van der Waals surface area contributed by atoms with Crippen molar-refractivity contribution in [2.24, 2.45) is 5.92 Å². The molecule has 0 spiro atoms. The molecule has 3 heteroatoms. The van der Waals surface area contributed by atoms with Crippen LogP contribution in [0.15, 0.2) is 0 Å². The summed E-state index contributed by atoms with van der Waals surface area (Å²) in [5.74, 6) is 1.07. The van der Waals surface area contributed by atoms with Crippen LogP contribution in [0.25, 0.3) is 0 Å². The van der Waals surface area contributed by atoms with Crippen LogP contribution in [0.4, 0.5) is 0 Å². The first-order valence-electron chi connectivity index (χ1n) is 5.18. The number of fused-ring (bicyclic) bond motifs is 1. The molecule has 0 aromatic carbocycles. The SMILES string of the molecule is O=C(CCl)N1CCC2CCCCC21. The van der Waals surface area contributed by atoms with E-state index in [-0.39, 0.29) is 11.8 Å². The van der Waals surface area contributed by atoms with Gasteiger partial charge in [-0.2, -0.15) is 0 Å². The van der Waals surface area contributed by atoms with Crippen LogP contribution in [0, 0.1) is 5.92 Å². The zero-order valence-electron chi connectivity index (χ0n) is 7.84. The van der Waals surface area contributed by atoms with Crippen molar-refractivity contribution < 1.29 is 4.79 Å². The van der Waals surface area contributed by atoms with Crippen LogP contribution in [0.3, 0.4) is 0 Å². The minimum absolute atomic E-state index is 0.135. The number of halogens is 1. The van der Waals surface area contributed by atoms with E-state index < -0.39 is 0 Å². The Kier molecular flexibility index (Phi) is 2.77. The Bertz CT molecular complexity index is 207. The first kappa shape index (κ1) is 9.32. The highest BCUT2D eigenvalue weighted by Crippen LogP contribution is 2.36. The maximum absolute atomic E-state index is 11.5. The van der Waals surface area contributed by atoms with Gasteiger partial charge in [-0.3, -0.25) is 4.79 Å². The lowest BCUT2D eigenvalue weighted by Crippen LogP contribution is -2.39. The van der Waals surface area contributed by atoms with Crippen molar-refractivity contribution >= 4 is 17.5 Å². The van der Waals surface area contributed by atoms with Gasteiger partial charge >= 0.3 is 0 Å². The van der Waals surface area contributed by atoms with Gasteiger partial charge < -0.3 is 4.90 Å². The number of nitrogens with zero attached hydrogens (tertiary/aromatic N) is 1. The standard InChI is InChI=1S/C10H16ClNO/c11-7-10(13)12-6-5-8-3-1-2-4-9(8)12/h8-9H,1-7H2. The summed E-state index contributed by atoms with van der Waals surface area (Å²) in [5, 5.41) is 0. The van der Waals surface area contributed by atoms with E-state index in [9.17, 15) is 4.79 Å². The van der Waals surface area contributed by atoms with Crippen molar-refractivity contribution in [2.75, 3.05) is 12.4 Å². The summed E-state index contributed by atoms with van der Waals surface area (Å²) in [6, 6.07) is 0.528. The fraction of sp³-hybridized carbons (Fsp3) is 0.900. The molecule has 0 aromatic rings. The summed E-state index contributed by atoms with van der Waals surface area (Å²) in [7, 11) is 0. The number of likely N-dealkylation sites (tertiary alicyclic amines) is 1. The molecule has 2 aliphatic rings. The molecule has 2 fully saturated rings. The lowest BCUT2D eigenvalue weighted by Gasteiger charge is -2.31. The van der Waals surface area contributed by atoms with Gasteiger partial charge in [-0.1, -0.05) is 12.8 Å². The third kappa shape index (κ3) is 1.69. The predicted octanol–water partition coefficient (Wildman–Crippen LogP) is 2.02. The molecule has 0 bridgehead atoms. The van der Waals surface area contributed by atoms with Crippen molar-refractivity contribution in [3.8, 4) is 0 Å². The Morgan fingerprint density at radius 2 is 2.08 bits per heavy atom. The number of alkyl halides is 1. The van der Waals surface area contributed by atoms with Gasteiger partial charge in [-0.25, -0.2) is 0 Å². The molecule has 74 valence electrons. The Morgan fingerprint density at radius 3 is 2.85 bits per heavy atom. The van der Waals surface area contributed by atoms with E-state index in [4.69, 9.17) is 11.6 Å². The highest BCUT2D eigenvalue weighted by atomic mass is 35.5. The van der Waals surface area contributed by atoms with Crippen LogP contribution in [0.2, 0.25) is 0 Å². The number of hydrogen-bond acceptors (Lipinski definition) is 1. The molecule has 13 heavy (non-hydrogen) atoms. The number of hydrogen-bond donors (Lipinski definition) is 0. The lowest BCUT2D eigenvalue weighted by molar-refractivity contribution is -0.130. The van der Waals surface area contributed by atoms with E-state index in [1.807, 2.05) is 4.90 Å². The van der Waals surface area contributed by atoms with Gasteiger partial charge in [0.2, 0.25) is 5.91 Å². The van der Waals surface area contributed by atoms with Crippen molar-refractivity contribution in [1.29, 1.82) is 0 Å². The molecule has 0 radical (unpaired) electrons. The Hall–Kier alpha value is -0.240. The largest absolute Gasteiger partial charge is 0.338 e. The zero-order valence-corrected chi connectivity index (χ0v) is 8.59. The fourth-order valence-electron chi connectivity index (χ4n) is 2.79. The van der Waals surface area contributed by atoms with E-state index in [2.05, 4.69) is 0 Å². The number of rotatable bonds is 1. The molecule has 0 aromatic heterocycles. The van der Waals surface area contributed by atoms with Gasteiger partial charge in [0, 0.05) is 12.6 Å². The molecule has 1 aliphatic heterocycles. The lowest BCUT2D eigenvalue weighted by atomic mass is 9.85. The molecular formula is C10H16ClNO.